The van der Waals surface area contributed by atoms with Crippen molar-refractivity contribution in [3.8, 4) is 0 Å². The zero-order valence-corrected chi connectivity index (χ0v) is 26.5. The Morgan fingerprint density at radius 1 is 0.978 bits per heavy atom. The molecule has 1 aliphatic carbocycles. The minimum absolute atomic E-state index is 0.0141. The molecule has 3 aromatic carbocycles. The Morgan fingerprint density at radius 3 is 2.33 bits per heavy atom. The molecule has 2 amide bonds. The maximum absolute atomic E-state index is 14.8. The molecule has 46 heavy (non-hydrogen) atoms. The van der Waals surface area contributed by atoms with Crippen molar-refractivity contribution in [2.75, 3.05) is 16.3 Å². The van der Waals surface area contributed by atoms with Crippen molar-refractivity contribution in [2.45, 2.75) is 52.1 Å². The van der Waals surface area contributed by atoms with Gasteiger partial charge in [0.15, 0.2) is 0 Å². The standard InChI is InChI=1S/C38H40N6O2/c1-25(2)42(23-27-14-6-4-7-15-27)34(45)24-43-32-19-10-11-20-33(32)44(36(39)28-16-8-5-9-17-28)37(40)30(38(43)46)21-29-22-41-31-18-12-13-26(3)35(29)31/h4-12,14-20,22,25-26,30,39-41H,13,21,23-24H2,1-3H3. The number of carbonyl (C=O) groups excluding carboxylic acids is 2. The summed E-state index contributed by atoms with van der Waals surface area (Å²) in [6.45, 7) is 6.37. The van der Waals surface area contributed by atoms with Crippen LogP contribution in [0.25, 0.3) is 6.08 Å². The predicted octanol–water partition coefficient (Wildman–Crippen LogP) is 6.99. The van der Waals surface area contributed by atoms with E-state index in [2.05, 4.69) is 24.1 Å². The second-order valence-electron chi connectivity index (χ2n) is 12.4. The Kier molecular flexibility index (Phi) is 8.70. The van der Waals surface area contributed by atoms with Gasteiger partial charge in [-0.2, -0.15) is 0 Å². The number of para-hydroxylation sites is 2. The lowest BCUT2D eigenvalue weighted by Gasteiger charge is -2.31. The summed E-state index contributed by atoms with van der Waals surface area (Å²) in [5.41, 5.74) is 5.83. The van der Waals surface area contributed by atoms with Crippen LogP contribution in [-0.4, -0.2) is 46.0 Å². The van der Waals surface area contributed by atoms with Crippen LogP contribution < -0.4 is 9.80 Å². The molecule has 8 nitrogen and oxygen atoms in total. The SMILES string of the molecule is CC1CC=Cc2[nH]cc(CC3C(=N)N(C(=N)c4ccccc4)c4ccccc4N(CC(=O)N(Cc4ccccc4)C(C)C)C3=O)c21. The zero-order valence-electron chi connectivity index (χ0n) is 26.5. The van der Waals surface area contributed by atoms with Crippen molar-refractivity contribution >= 4 is 40.9 Å². The normalized spacial score (nSPS) is 17.5. The van der Waals surface area contributed by atoms with Crippen LogP contribution in [-0.2, 0) is 22.6 Å². The molecular formula is C38H40N6O2. The molecule has 8 heteroatoms. The summed E-state index contributed by atoms with van der Waals surface area (Å²) >= 11 is 0. The van der Waals surface area contributed by atoms with Gasteiger partial charge in [-0.25, -0.2) is 0 Å². The van der Waals surface area contributed by atoms with Gasteiger partial charge in [0.25, 0.3) is 0 Å². The predicted molar refractivity (Wildman–Crippen MR) is 184 cm³/mol. The smallest absolute Gasteiger partial charge is 0.243 e. The number of aromatic amines is 1. The number of carbonyl (C=O) groups is 2. The fourth-order valence-corrected chi connectivity index (χ4v) is 6.58. The van der Waals surface area contributed by atoms with E-state index in [1.165, 1.54) is 4.90 Å². The molecule has 2 atom stereocenters. The number of aromatic nitrogens is 1. The summed E-state index contributed by atoms with van der Waals surface area (Å²) in [5, 5.41) is 18.9. The number of anilines is 2. The molecule has 3 N–H and O–H groups in total. The summed E-state index contributed by atoms with van der Waals surface area (Å²) in [7, 11) is 0. The van der Waals surface area contributed by atoms with Crippen LogP contribution in [0, 0.1) is 16.7 Å². The number of H-pyrrole nitrogens is 1. The van der Waals surface area contributed by atoms with Crippen LogP contribution in [0.3, 0.4) is 0 Å². The Hall–Kier alpha value is -5.24. The first-order valence-corrected chi connectivity index (χ1v) is 15.9. The number of hydrogen-bond acceptors (Lipinski definition) is 4. The molecule has 0 saturated heterocycles. The second-order valence-corrected chi connectivity index (χ2v) is 12.4. The fourth-order valence-electron chi connectivity index (χ4n) is 6.58. The number of amides is 2. The van der Waals surface area contributed by atoms with Crippen molar-refractivity contribution in [3.63, 3.8) is 0 Å². The van der Waals surface area contributed by atoms with Crippen LogP contribution in [0.15, 0.2) is 97.2 Å². The van der Waals surface area contributed by atoms with Gasteiger partial charge in [-0.05, 0) is 67.5 Å². The van der Waals surface area contributed by atoms with Crippen LogP contribution in [0.2, 0.25) is 0 Å². The minimum Gasteiger partial charge on any atom is -0.361 e. The Bertz CT molecular complexity index is 1790. The summed E-state index contributed by atoms with van der Waals surface area (Å²) in [5.74, 6) is -1.06. The average Bonchev–Trinajstić information content (AvgIpc) is 3.46. The molecule has 0 fully saturated rings. The van der Waals surface area contributed by atoms with Crippen LogP contribution in [0.4, 0.5) is 11.4 Å². The molecule has 0 radical (unpaired) electrons. The number of benzene rings is 3. The topological polar surface area (TPSA) is 107 Å². The van der Waals surface area contributed by atoms with E-state index >= 15 is 0 Å². The molecule has 234 valence electrons. The molecule has 2 unspecified atom stereocenters. The van der Waals surface area contributed by atoms with E-state index < -0.39 is 5.92 Å². The fraction of sp³-hybridized carbons (Fsp3) is 0.263. The number of fused-ring (bicyclic) bond motifs is 2. The minimum atomic E-state index is -0.927. The molecule has 0 spiro atoms. The van der Waals surface area contributed by atoms with E-state index in [1.54, 1.807) is 9.80 Å². The molecule has 1 aromatic heterocycles. The van der Waals surface area contributed by atoms with E-state index in [9.17, 15) is 20.4 Å². The first kappa shape index (κ1) is 30.8. The third kappa shape index (κ3) is 5.90. The maximum Gasteiger partial charge on any atom is 0.243 e. The largest absolute Gasteiger partial charge is 0.361 e. The number of amidine groups is 2. The number of hydrogen-bond donors (Lipinski definition) is 3. The molecular weight excluding hydrogens is 572 g/mol. The molecule has 6 rings (SSSR count). The summed E-state index contributed by atoms with van der Waals surface area (Å²) in [6.07, 6.45) is 7.34. The number of nitrogens with zero attached hydrogens (tertiary/aromatic N) is 3. The van der Waals surface area contributed by atoms with Gasteiger partial charge in [0.1, 0.15) is 24.1 Å². The molecule has 0 bridgehead atoms. The summed E-state index contributed by atoms with van der Waals surface area (Å²) in [4.78, 5) is 37.2. The van der Waals surface area contributed by atoms with E-state index in [4.69, 9.17) is 0 Å². The highest BCUT2D eigenvalue weighted by molar-refractivity contribution is 6.31. The number of rotatable bonds is 8. The van der Waals surface area contributed by atoms with E-state index in [1.807, 2.05) is 105 Å². The highest BCUT2D eigenvalue weighted by atomic mass is 16.2. The van der Waals surface area contributed by atoms with Crippen LogP contribution >= 0.6 is 0 Å². The van der Waals surface area contributed by atoms with Gasteiger partial charge in [-0.1, -0.05) is 85.8 Å². The average molecular weight is 613 g/mol. The van der Waals surface area contributed by atoms with Crippen molar-refractivity contribution in [1.29, 1.82) is 10.8 Å². The van der Waals surface area contributed by atoms with Gasteiger partial charge in [0.2, 0.25) is 11.8 Å². The van der Waals surface area contributed by atoms with Gasteiger partial charge in [-0.15, -0.1) is 0 Å². The van der Waals surface area contributed by atoms with Crippen LogP contribution in [0.5, 0.6) is 0 Å². The number of allylic oxidation sites excluding steroid dienone is 1. The first-order valence-electron chi connectivity index (χ1n) is 15.9. The van der Waals surface area contributed by atoms with E-state index in [0.29, 0.717) is 23.5 Å². The van der Waals surface area contributed by atoms with Crippen molar-refractivity contribution in [3.05, 3.63) is 125 Å². The van der Waals surface area contributed by atoms with Gasteiger partial charge in [0, 0.05) is 30.0 Å². The molecule has 0 saturated carbocycles. The molecule has 1 aliphatic heterocycles. The van der Waals surface area contributed by atoms with Crippen molar-refractivity contribution in [2.24, 2.45) is 5.92 Å². The molecule has 2 aliphatic rings. The lowest BCUT2D eigenvalue weighted by atomic mass is 9.86. The molecule has 2 heterocycles. The summed E-state index contributed by atoms with van der Waals surface area (Å²) < 4.78 is 0. The Balaban J connectivity index is 1.43. The van der Waals surface area contributed by atoms with Gasteiger partial charge in [0.05, 0.1) is 11.4 Å². The third-order valence-corrected chi connectivity index (χ3v) is 8.98. The highest BCUT2D eigenvalue weighted by Gasteiger charge is 2.41. The van der Waals surface area contributed by atoms with Crippen molar-refractivity contribution < 1.29 is 9.59 Å². The number of nitrogens with one attached hydrogen (secondary N) is 3. The van der Waals surface area contributed by atoms with E-state index in [-0.39, 0.29) is 48.4 Å². The summed E-state index contributed by atoms with van der Waals surface area (Å²) in [6, 6.07) is 26.3. The zero-order chi connectivity index (χ0) is 32.4. The maximum atomic E-state index is 14.8. The third-order valence-electron chi connectivity index (χ3n) is 8.98. The lowest BCUT2D eigenvalue weighted by Crippen LogP contribution is -2.48. The highest BCUT2D eigenvalue weighted by Crippen LogP contribution is 2.39. The first-order chi connectivity index (χ1) is 22.2. The van der Waals surface area contributed by atoms with Crippen molar-refractivity contribution in [1.82, 2.24) is 9.88 Å². The van der Waals surface area contributed by atoms with E-state index in [0.717, 1.165) is 28.8 Å². The Morgan fingerprint density at radius 2 is 1.63 bits per heavy atom. The Labute approximate surface area is 270 Å². The van der Waals surface area contributed by atoms with Gasteiger partial charge in [-0.3, -0.25) is 25.3 Å². The lowest BCUT2D eigenvalue weighted by molar-refractivity contribution is -0.133. The monoisotopic (exact) mass is 612 g/mol. The van der Waals surface area contributed by atoms with Gasteiger partial charge < -0.3 is 14.8 Å². The second kappa shape index (κ2) is 13.0. The molecule has 4 aromatic rings. The quantitative estimate of drug-likeness (QED) is 0.148. The van der Waals surface area contributed by atoms with Crippen LogP contribution in [0.1, 0.15) is 61.1 Å². The van der Waals surface area contributed by atoms with Gasteiger partial charge >= 0.3 is 0 Å².